The van der Waals surface area contributed by atoms with Gasteiger partial charge in [0.05, 0.1) is 22.1 Å². The van der Waals surface area contributed by atoms with E-state index in [1.54, 1.807) is 0 Å². The van der Waals surface area contributed by atoms with Crippen molar-refractivity contribution in [2.75, 3.05) is 4.90 Å². The van der Waals surface area contributed by atoms with Gasteiger partial charge in [-0.15, -0.1) is 0 Å². The van der Waals surface area contributed by atoms with E-state index in [2.05, 4.69) is 311 Å². The molecule has 0 atom stereocenters. The number of aromatic nitrogens is 2. The van der Waals surface area contributed by atoms with Crippen molar-refractivity contribution in [1.82, 2.24) is 9.13 Å². The average molecular weight is 956 g/mol. The van der Waals surface area contributed by atoms with Crippen LogP contribution in [0.3, 0.4) is 0 Å². The number of hydrogen-bond acceptors (Lipinski definition) is 1. The Morgan fingerprint density at radius 1 is 0.187 bits per heavy atom. The molecule has 2 heterocycles. The second kappa shape index (κ2) is 18.6. The minimum absolute atomic E-state index is 1.07. The molecule has 0 unspecified atom stereocenters. The Kier molecular flexibility index (Phi) is 10.8. The lowest BCUT2D eigenvalue weighted by Crippen LogP contribution is -2.10. The molecular formula is C72H49N3. The van der Waals surface area contributed by atoms with Crippen molar-refractivity contribution in [2.24, 2.45) is 0 Å². The number of fused-ring (bicyclic) bond motifs is 6. The van der Waals surface area contributed by atoms with E-state index in [9.17, 15) is 0 Å². The first-order valence-electron chi connectivity index (χ1n) is 25.7. The third-order valence-corrected chi connectivity index (χ3v) is 14.8. The average Bonchev–Trinajstić information content (AvgIpc) is 4.01. The van der Waals surface area contributed by atoms with Gasteiger partial charge >= 0.3 is 0 Å². The van der Waals surface area contributed by atoms with E-state index in [4.69, 9.17) is 0 Å². The maximum Gasteiger partial charge on any atom is 0.0541 e. The first-order valence-corrected chi connectivity index (χ1v) is 25.7. The van der Waals surface area contributed by atoms with E-state index < -0.39 is 0 Å². The molecule has 352 valence electrons. The maximum absolute atomic E-state index is 2.40. The highest BCUT2D eigenvalue weighted by Crippen LogP contribution is 2.44. The molecule has 0 saturated heterocycles. The zero-order chi connectivity index (χ0) is 49.7. The van der Waals surface area contributed by atoms with Crippen molar-refractivity contribution >= 4 is 60.7 Å². The van der Waals surface area contributed by atoms with Crippen LogP contribution in [0.15, 0.2) is 297 Å². The summed E-state index contributed by atoms with van der Waals surface area (Å²) in [5, 5.41) is 4.90. The molecule has 0 radical (unpaired) electrons. The summed E-state index contributed by atoms with van der Waals surface area (Å²) in [6.07, 6.45) is 0. The quantitative estimate of drug-likeness (QED) is 0.133. The van der Waals surface area contributed by atoms with Crippen LogP contribution < -0.4 is 4.90 Å². The summed E-state index contributed by atoms with van der Waals surface area (Å²) in [5.74, 6) is 0. The predicted molar refractivity (Wildman–Crippen MR) is 317 cm³/mol. The van der Waals surface area contributed by atoms with Crippen LogP contribution in [0.2, 0.25) is 0 Å². The summed E-state index contributed by atoms with van der Waals surface area (Å²) in [6, 6.07) is 108. The molecule has 14 rings (SSSR count). The third-order valence-electron chi connectivity index (χ3n) is 14.8. The van der Waals surface area contributed by atoms with Gasteiger partial charge in [0.1, 0.15) is 0 Å². The lowest BCUT2D eigenvalue weighted by Gasteiger charge is -2.27. The summed E-state index contributed by atoms with van der Waals surface area (Å²) in [5.41, 5.74) is 21.8. The minimum atomic E-state index is 1.07. The second-order valence-corrected chi connectivity index (χ2v) is 19.4. The summed E-state index contributed by atoms with van der Waals surface area (Å²) < 4.78 is 4.78. The largest absolute Gasteiger partial charge is 0.310 e. The van der Waals surface area contributed by atoms with Crippen molar-refractivity contribution in [3.63, 3.8) is 0 Å². The molecule has 0 aliphatic carbocycles. The molecule has 75 heavy (non-hydrogen) atoms. The van der Waals surface area contributed by atoms with Gasteiger partial charge in [0.2, 0.25) is 0 Å². The standard InChI is InChI=1S/C72H49N3/c1-6-21-50(22-7-1)52-25-20-32-63(45-52)73(60-26-10-3-11-27-60)64-46-58(51-23-8-2-9-24-51)44-59(47-64)57-42-55(53-37-39-71-67(48-53)65-33-16-18-35-69(65)74(71)61-28-12-4-13-29-61)41-56(43-57)54-38-40-72-68(49-54)66-34-17-19-36-70(66)75(72)62-30-14-5-15-31-62/h1-49H. The number of rotatable bonds is 10. The van der Waals surface area contributed by atoms with Crippen molar-refractivity contribution in [3.8, 4) is 67.0 Å². The Hall–Kier alpha value is -9.96. The molecule has 12 aromatic carbocycles. The predicted octanol–water partition coefficient (Wildman–Crippen LogP) is 19.7. The minimum Gasteiger partial charge on any atom is -0.310 e. The van der Waals surface area contributed by atoms with Crippen LogP contribution in [0.25, 0.3) is 111 Å². The maximum atomic E-state index is 2.40. The van der Waals surface area contributed by atoms with Crippen LogP contribution in [-0.2, 0) is 0 Å². The summed E-state index contributed by atoms with van der Waals surface area (Å²) >= 11 is 0. The van der Waals surface area contributed by atoms with Gasteiger partial charge in [-0.05, 0) is 177 Å². The van der Waals surface area contributed by atoms with Crippen LogP contribution in [0.5, 0.6) is 0 Å². The Labute approximate surface area is 436 Å². The van der Waals surface area contributed by atoms with Crippen LogP contribution in [0, 0.1) is 0 Å². The molecule has 0 aliphatic rings. The summed E-state index contributed by atoms with van der Waals surface area (Å²) in [6.45, 7) is 0. The van der Waals surface area contributed by atoms with E-state index in [1.807, 2.05) is 0 Å². The molecular weight excluding hydrogens is 907 g/mol. The highest BCUT2D eigenvalue weighted by molar-refractivity contribution is 6.12. The van der Waals surface area contributed by atoms with E-state index in [1.165, 1.54) is 54.7 Å². The van der Waals surface area contributed by atoms with Gasteiger partial charge in [0, 0.05) is 50.0 Å². The number of para-hydroxylation sites is 5. The van der Waals surface area contributed by atoms with Crippen molar-refractivity contribution < 1.29 is 0 Å². The second-order valence-electron chi connectivity index (χ2n) is 19.4. The van der Waals surface area contributed by atoms with E-state index in [0.717, 1.165) is 72.9 Å². The van der Waals surface area contributed by atoms with Crippen molar-refractivity contribution in [2.45, 2.75) is 0 Å². The zero-order valence-electron chi connectivity index (χ0n) is 41.1. The fraction of sp³-hybridized carbons (Fsp3) is 0. The van der Waals surface area contributed by atoms with Gasteiger partial charge in [0.25, 0.3) is 0 Å². The molecule has 3 nitrogen and oxygen atoms in total. The molecule has 0 spiro atoms. The van der Waals surface area contributed by atoms with Gasteiger partial charge < -0.3 is 14.0 Å². The molecule has 0 aliphatic heterocycles. The number of hydrogen-bond donors (Lipinski definition) is 0. The van der Waals surface area contributed by atoms with Gasteiger partial charge in [-0.3, -0.25) is 0 Å². The van der Waals surface area contributed by atoms with Crippen molar-refractivity contribution in [3.05, 3.63) is 297 Å². The molecule has 0 saturated carbocycles. The molecule has 0 amide bonds. The summed E-state index contributed by atoms with van der Waals surface area (Å²) in [4.78, 5) is 2.40. The molecule has 0 fully saturated rings. The smallest absolute Gasteiger partial charge is 0.0541 e. The molecule has 3 heteroatoms. The third kappa shape index (κ3) is 7.95. The first-order chi connectivity index (χ1) is 37.2. The molecule has 14 aromatic rings. The fourth-order valence-corrected chi connectivity index (χ4v) is 11.3. The van der Waals surface area contributed by atoms with Crippen LogP contribution in [-0.4, -0.2) is 9.13 Å². The SMILES string of the molecule is c1ccc(-c2cccc(N(c3ccccc3)c3cc(-c4ccccc4)cc(-c4cc(-c5ccc6c(c5)c5ccccc5n6-c5ccccc5)cc(-c5ccc6c(c5)c5ccccc5n6-c5ccccc5)c4)c3)c2)cc1. The Balaban J connectivity index is 1.01. The highest BCUT2D eigenvalue weighted by Gasteiger charge is 2.20. The highest BCUT2D eigenvalue weighted by atomic mass is 15.1. The number of benzene rings is 12. The van der Waals surface area contributed by atoms with Gasteiger partial charge in [-0.2, -0.15) is 0 Å². The first kappa shape index (κ1) is 43.8. The molecule has 2 aromatic heterocycles. The monoisotopic (exact) mass is 955 g/mol. The van der Waals surface area contributed by atoms with E-state index in [0.29, 0.717) is 0 Å². The lowest BCUT2D eigenvalue weighted by atomic mass is 9.90. The zero-order valence-corrected chi connectivity index (χ0v) is 41.1. The topological polar surface area (TPSA) is 13.1 Å². The molecule has 0 bridgehead atoms. The van der Waals surface area contributed by atoms with Crippen LogP contribution in [0.4, 0.5) is 17.1 Å². The number of nitrogens with zero attached hydrogens (tertiary/aromatic N) is 3. The van der Waals surface area contributed by atoms with E-state index >= 15 is 0 Å². The Morgan fingerprint density at radius 3 is 1.03 bits per heavy atom. The van der Waals surface area contributed by atoms with Crippen molar-refractivity contribution in [1.29, 1.82) is 0 Å². The lowest BCUT2D eigenvalue weighted by molar-refractivity contribution is 1.18. The fourth-order valence-electron chi connectivity index (χ4n) is 11.3. The van der Waals surface area contributed by atoms with Gasteiger partial charge in [-0.25, -0.2) is 0 Å². The Bertz CT molecular complexity index is 4210. The van der Waals surface area contributed by atoms with Crippen LogP contribution in [0.1, 0.15) is 0 Å². The summed E-state index contributed by atoms with van der Waals surface area (Å²) in [7, 11) is 0. The Morgan fingerprint density at radius 2 is 0.520 bits per heavy atom. The normalized spacial score (nSPS) is 11.5. The number of anilines is 3. The molecule has 0 N–H and O–H groups in total. The van der Waals surface area contributed by atoms with Gasteiger partial charge in [-0.1, -0.05) is 176 Å². The van der Waals surface area contributed by atoms with E-state index in [-0.39, 0.29) is 0 Å². The van der Waals surface area contributed by atoms with Gasteiger partial charge in [0.15, 0.2) is 0 Å². The van der Waals surface area contributed by atoms with Crippen LogP contribution >= 0.6 is 0 Å².